The van der Waals surface area contributed by atoms with Crippen molar-refractivity contribution >= 4 is 11.8 Å². The van der Waals surface area contributed by atoms with E-state index in [0.29, 0.717) is 32.8 Å². The van der Waals surface area contributed by atoms with Gasteiger partial charge in [0, 0.05) is 26.2 Å². The summed E-state index contributed by atoms with van der Waals surface area (Å²) in [6.45, 7) is 3.19. The van der Waals surface area contributed by atoms with Crippen LogP contribution in [-0.2, 0) is 27.3 Å². The maximum absolute atomic E-state index is 12.8. The fraction of sp³-hybridized carbons (Fsp3) is 0.579. The number of carbonyl (C=O) groups is 2. The molecular formula is C19H24N2O3. The minimum atomic E-state index is -0.366. The van der Waals surface area contributed by atoms with Crippen LogP contribution in [0.15, 0.2) is 24.3 Å². The summed E-state index contributed by atoms with van der Waals surface area (Å²) < 4.78 is 5.34. The van der Waals surface area contributed by atoms with Crippen molar-refractivity contribution in [3.63, 3.8) is 0 Å². The molecule has 0 unspecified atom stereocenters. The Morgan fingerprint density at radius 1 is 1.21 bits per heavy atom. The summed E-state index contributed by atoms with van der Waals surface area (Å²) in [5, 5.41) is 3.10. The second-order valence-corrected chi connectivity index (χ2v) is 7.29. The molecule has 0 bridgehead atoms. The molecule has 2 amide bonds. The molecule has 0 saturated carbocycles. The largest absolute Gasteiger partial charge is 0.381 e. The molecular weight excluding hydrogens is 304 g/mol. The zero-order chi connectivity index (χ0) is 16.6. The number of ether oxygens (including phenoxy) is 1. The van der Waals surface area contributed by atoms with Crippen LogP contribution in [0.2, 0.25) is 0 Å². The molecule has 5 heteroatoms. The van der Waals surface area contributed by atoms with Gasteiger partial charge in [-0.2, -0.15) is 0 Å². The summed E-state index contributed by atoms with van der Waals surface area (Å²) in [7, 11) is 0. The lowest BCUT2D eigenvalue weighted by Crippen LogP contribution is -2.51. The Hall–Kier alpha value is -1.88. The van der Waals surface area contributed by atoms with Crippen molar-refractivity contribution in [1.82, 2.24) is 10.2 Å². The van der Waals surface area contributed by atoms with E-state index < -0.39 is 0 Å². The van der Waals surface area contributed by atoms with Crippen molar-refractivity contribution in [3.8, 4) is 0 Å². The normalized spacial score (nSPS) is 25.9. The van der Waals surface area contributed by atoms with E-state index in [2.05, 4.69) is 17.4 Å². The minimum absolute atomic E-state index is 0.0164. The van der Waals surface area contributed by atoms with Crippen LogP contribution in [0.25, 0.3) is 0 Å². The molecule has 0 aliphatic carbocycles. The van der Waals surface area contributed by atoms with Crippen molar-refractivity contribution in [2.24, 2.45) is 11.3 Å². The number of carbonyl (C=O) groups excluding carboxylic acids is 2. The van der Waals surface area contributed by atoms with Crippen LogP contribution in [-0.4, -0.2) is 43.0 Å². The first-order chi connectivity index (χ1) is 11.7. The number of piperidine rings is 1. The molecule has 2 fully saturated rings. The Kier molecular flexibility index (Phi) is 4.04. The van der Waals surface area contributed by atoms with Crippen LogP contribution in [0, 0.1) is 11.3 Å². The molecule has 24 heavy (non-hydrogen) atoms. The van der Waals surface area contributed by atoms with Gasteiger partial charge in [-0.05, 0) is 36.8 Å². The van der Waals surface area contributed by atoms with E-state index in [1.54, 1.807) is 0 Å². The van der Waals surface area contributed by atoms with E-state index in [0.717, 1.165) is 25.7 Å². The van der Waals surface area contributed by atoms with Crippen molar-refractivity contribution < 1.29 is 14.3 Å². The first-order valence-corrected chi connectivity index (χ1v) is 8.90. The van der Waals surface area contributed by atoms with Crippen molar-refractivity contribution in [1.29, 1.82) is 0 Å². The van der Waals surface area contributed by atoms with Gasteiger partial charge in [0.1, 0.15) is 0 Å². The zero-order valence-corrected chi connectivity index (χ0v) is 13.9. The van der Waals surface area contributed by atoms with Crippen LogP contribution < -0.4 is 5.32 Å². The Balaban J connectivity index is 1.48. The number of likely N-dealkylation sites (tertiary alicyclic amines) is 1. The molecule has 3 aliphatic rings. The average molecular weight is 328 g/mol. The number of nitrogens with zero attached hydrogens (tertiary/aromatic N) is 1. The lowest BCUT2D eigenvalue weighted by molar-refractivity contribution is -0.143. The quantitative estimate of drug-likeness (QED) is 0.850. The number of benzene rings is 1. The standard InChI is InChI=1S/C19H24N2O3/c22-17(16-5-10-24-13-16)21-8-6-19(7-9-21)11-14-3-1-2-4-15(14)12-20-18(19)23/h1-4,16H,5-13H2,(H,20,23)/t16-/m0/s1. The van der Waals surface area contributed by atoms with E-state index in [-0.39, 0.29) is 23.1 Å². The summed E-state index contributed by atoms with van der Waals surface area (Å²) >= 11 is 0. The molecule has 128 valence electrons. The molecule has 1 aromatic rings. The van der Waals surface area contributed by atoms with Crippen molar-refractivity contribution in [3.05, 3.63) is 35.4 Å². The Labute approximate surface area is 142 Å². The zero-order valence-electron chi connectivity index (χ0n) is 13.9. The Morgan fingerprint density at radius 2 is 1.96 bits per heavy atom. The van der Waals surface area contributed by atoms with Crippen LogP contribution in [0.1, 0.15) is 30.4 Å². The highest BCUT2D eigenvalue weighted by Gasteiger charge is 2.44. The molecule has 1 N–H and O–H groups in total. The number of amides is 2. The van der Waals surface area contributed by atoms with E-state index in [1.165, 1.54) is 11.1 Å². The highest BCUT2D eigenvalue weighted by molar-refractivity contribution is 5.85. The molecule has 2 saturated heterocycles. The molecule has 5 nitrogen and oxygen atoms in total. The number of nitrogens with one attached hydrogen (secondary N) is 1. The van der Waals surface area contributed by atoms with Gasteiger partial charge in [0.2, 0.25) is 11.8 Å². The van der Waals surface area contributed by atoms with Crippen LogP contribution in [0.4, 0.5) is 0 Å². The molecule has 3 heterocycles. The Bertz CT molecular complexity index is 644. The SMILES string of the molecule is O=C([C@H]1CCOC1)N1CCC2(CC1)Cc1ccccc1CNC2=O. The first kappa shape index (κ1) is 15.6. The van der Waals surface area contributed by atoms with Crippen LogP contribution in [0.3, 0.4) is 0 Å². The molecule has 1 atom stereocenters. The fourth-order valence-electron chi connectivity index (χ4n) is 4.26. The topological polar surface area (TPSA) is 58.6 Å². The maximum Gasteiger partial charge on any atom is 0.228 e. The summed E-state index contributed by atoms with van der Waals surface area (Å²) in [6, 6.07) is 8.28. The molecule has 0 radical (unpaired) electrons. The van der Waals surface area contributed by atoms with Crippen LogP contribution in [0.5, 0.6) is 0 Å². The highest BCUT2D eigenvalue weighted by Crippen LogP contribution is 2.38. The highest BCUT2D eigenvalue weighted by atomic mass is 16.5. The van der Waals surface area contributed by atoms with Crippen LogP contribution >= 0.6 is 0 Å². The second kappa shape index (κ2) is 6.20. The minimum Gasteiger partial charge on any atom is -0.381 e. The van der Waals surface area contributed by atoms with E-state index in [1.807, 2.05) is 17.0 Å². The summed E-state index contributed by atoms with van der Waals surface area (Å²) in [6.07, 6.45) is 3.09. The molecule has 1 spiro atoms. The molecule has 1 aromatic carbocycles. The lowest BCUT2D eigenvalue weighted by atomic mass is 9.73. The van der Waals surface area contributed by atoms with E-state index >= 15 is 0 Å². The monoisotopic (exact) mass is 328 g/mol. The average Bonchev–Trinajstić information content (AvgIpc) is 3.11. The van der Waals surface area contributed by atoms with Gasteiger partial charge in [-0.25, -0.2) is 0 Å². The van der Waals surface area contributed by atoms with Gasteiger partial charge in [0.15, 0.2) is 0 Å². The van der Waals surface area contributed by atoms with Gasteiger partial charge in [0.05, 0.1) is 17.9 Å². The third-order valence-corrected chi connectivity index (χ3v) is 5.88. The number of fused-ring (bicyclic) bond motifs is 1. The molecule has 0 aromatic heterocycles. The van der Waals surface area contributed by atoms with Gasteiger partial charge in [-0.15, -0.1) is 0 Å². The summed E-state index contributed by atoms with van der Waals surface area (Å²) in [5.41, 5.74) is 2.11. The molecule has 4 rings (SSSR count). The number of hydrogen-bond donors (Lipinski definition) is 1. The molecule has 3 aliphatic heterocycles. The summed E-state index contributed by atoms with van der Waals surface area (Å²) in [5.74, 6) is 0.370. The third-order valence-electron chi connectivity index (χ3n) is 5.88. The predicted molar refractivity (Wildman–Crippen MR) is 89.2 cm³/mol. The van der Waals surface area contributed by atoms with Crippen molar-refractivity contribution in [2.45, 2.75) is 32.2 Å². The predicted octanol–water partition coefficient (Wildman–Crippen LogP) is 1.50. The van der Waals surface area contributed by atoms with Gasteiger partial charge in [-0.3, -0.25) is 9.59 Å². The van der Waals surface area contributed by atoms with Crippen molar-refractivity contribution in [2.75, 3.05) is 26.3 Å². The van der Waals surface area contributed by atoms with E-state index in [4.69, 9.17) is 4.74 Å². The van der Waals surface area contributed by atoms with E-state index in [9.17, 15) is 9.59 Å². The third kappa shape index (κ3) is 2.71. The summed E-state index contributed by atoms with van der Waals surface area (Å²) in [4.78, 5) is 27.3. The number of hydrogen-bond acceptors (Lipinski definition) is 3. The van der Waals surface area contributed by atoms with Gasteiger partial charge in [0.25, 0.3) is 0 Å². The lowest BCUT2D eigenvalue weighted by Gasteiger charge is -2.40. The van der Waals surface area contributed by atoms with Gasteiger partial charge >= 0.3 is 0 Å². The maximum atomic E-state index is 12.8. The number of rotatable bonds is 1. The Morgan fingerprint density at radius 3 is 2.67 bits per heavy atom. The fourth-order valence-corrected chi connectivity index (χ4v) is 4.26. The van der Waals surface area contributed by atoms with Gasteiger partial charge in [-0.1, -0.05) is 24.3 Å². The van der Waals surface area contributed by atoms with Gasteiger partial charge < -0.3 is 15.0 Å². The first-order valence-electron chi connectivity index (χ1n) is 8.90. The second-order valence-electron chi connectivity index (χ2n) is 7.29. The smallest absolute Gasteiger partial charge is 0.228 e.